The van der Waals surface area contributed by atoms with Gasteiger partial charge in [-0.25, -0.2) is 0 Å². The zero-order chi connectivity index (χ0) is 47.3. The van der Waals surface area contributed by atoms with Gasteiger partial charge in [-0.05, 0) is 137 Å². The van der Waals surface area contributed by atoms with Gasteiger partial charge in [0.05, 0.1) is 11.4 Å². The number of hydrogen-bond donors (Lipinski definition) is 0. The van der Waals surface area contributed by atoms with E-state index in [0.717, 1.165) is 39.6 Å². The second-order valence-corrected chi connectivity index (χ2v) is 18.9. The molecular formula is C68H52N2. The molecule has 0 fully saturated rings. The highest BCUT2D eigenvalue weighted by molar-refractivity contribution is 6.41. The van der Waals surface area contributed by atoms with Crippen LogP contribution in [0.3, 0.4) is 0 Å². The topological polar surface area (TPSA) is 6.48 Å². The Kier molecular flexibility index (Phi) is 10.8. The molecule has 0 radical (unpaired) electrons. The van der Waals surface area contributed by atoms with Gasteiger partial charge in [0.2, 0.25) is 0 Å². The van der Waals surface area contributed by atoms with Crippen molar-refractivity contribution >= 4 is 112 Å². The van der Waals surface area contributed by atoms with Gasteiger partial charge in [0, 0.05) is 44.3 Å². The summed E-state index contributed by atoms with van der Waals surface area (Å²) in [5.41, 5.74) is 16.5. The molecule has 0 aliphatic carbocycles. The average Bonchev–Trinajstić information content (AvgIpc) is 3.40. The van der Waals surface area contributed by atoms with Crippen LogP contribution in [-0.4, -0.2) is 0 Å². The van der Waals surface area contributed by atoms with E-state index >= 15 is 0 Å². The summed E-state index contributed by atoms with van der Waals surface area (Å²) in [6.07, 6.45) is 8.78. The second-order valence-electron chi connectivity index (χ2n) is 18.9. The van der Waals surface area contributed by atoms with Crippen molar-refractivity contribution in [1.29, 1.82) is 0 Å². The maximum Gasteiger partial charge on any atom is 0.0619 e. The fourth-order valence-electron chi connectivity index (χ4n) is 10.4. The standard InChI is InChI=1S/C68H52N2/c1-45-15-23-49(24-16-45)27-29-51-31-39-54(40-32-51)69(53-35-19-47(3)20-36-53)64-44-43-62-65-57(11-7-13-61(64)65)58-12-8-14-63-67(58)66(62)59-9-5-6-10-60(59)68(63)70(55-37-21-48(4)22-38-55)56-41-33-52(34-42-56)30-28-50-25-17-46(2)18-26-50/h5-44H,1-4H3. The third kappa shape index (κ3) is 7.74. The lowest BCUT2D eigenvalue weighted by atomic mass is 9.85. The van der Waals surface area contributed by atoms with Crippen molar-refractivity contribution in [1.82, 2.24) is 0 Å². The molecular weight excluding hydrogens is 845 g/mol. The molecule has 334 valence electrons. The Hall–Kier alpha value is -8.72. The van der Waals surface area contributed by atoms with Gasteiger partial charge in [-0.1, -0.05) is 210 Å². The summed E-state index contributed by atoms with van der Waals surface area (Å²) in [5.74, 6) is 0. The lowest BCUT2D eigenvalue weighted by Crippen LogP contribution is -2.12. The number of benzene rings is 12. The van der Waals surface area contributed by atoms with E-state index < -0.39 is 0 Å². The molecule has 0 heterocycles. The molecule has 0 N–H and O–H groups in total. The summed E-state index contributed by atoms with van der Waals surface area (Å²) < 4.78 is 0. The molecule has 0 unspecified atom stereocenters. The minimum atomic E-state index is 1.11. The molecule has 0 aliphatic rings. The highest BCUT2D eigenvalue weighted by atomic mass is 15.1. The van der Waals surface area contributed by atoms with Gasteiger partial charge in [0.15, 0.2) is 0 Å². The summed E-state index contributed by atoms with van der Waals surface area (Å²) in [7, 11) is 0. The van der Waals surface area contributed by atoms with E-state index in [1.165, 1.54) is 92.9 Å². The van der Waals surface area contributed by atoms with Crippen molar-refractivity contribution < 1.29 is 0 Å². The average molecular weight is 897 g/mol. The fraction of sp³-hybridized carbons (Fsp3) is 0.0588. The van der Waals surface area contributed by atoms with E-state index in [1.807, 2.05) is 0 Å². The molecule has 12 rings (SSSR count). The molecule has 0 saturated heterocycles. The number of rotatable bonds is 10. The molecule has 0 amide bonds. The van der Waals surface area contributed by atoms with Crippen LogP contribution < -0.4 is 9.80 Å². The van der Waals surface area contributed by atoms with Gasteiger partial charge >= 0.3 is 0 Å². The molecule has 2 heteroatoms. The van der Waals surface area contributed by atoms with E-state index in [4.69, 9.17) is 0 Å². The van der Waals surface area contributed by atoms with Gasteiger partial charge in [-0.2, -0.15) is 0 Å². The lowest BCUT2D eigenvalue weighted by molar-refractivity contribution is 1.29. The largest absolute Gasteiger partial charge is 0.310 e. The Morgan fingerprint density at radius 3 is 1.06 bits per heavy atom. The van der Waals surface area contributed by atoms with E-state index in [2.05, 4.69) is 280 Å². The number of nitrogens with zero attached hydrogens (tertiary/aromatic N) is 2. The summed E-state index contributed by atoms with van der Waals surface area (Å²) >= 11 is 0. The van der Waals surface area contributed by atoms with Gasteiger partial charge in [0.1, 0.15) is 0 Å². The highest BCUT2D eigenvalue weighted by Gasteiger charge is 2.25. The van der Waals surface area contributed by atoms with Gasteiger partial charge in [0.25, 0.3) is 0 Å². The van der Waals surface area contributed by atoms with Crippen LogP contribution in [-0.2, 0) is 0 Å². The molecule has 70 heavy (non-hydrogen) atoms. The zero-order valence-corrected chi connectivity index (χ0v) is 40.0. The molecule has 0 aliphatic heterocycles. The van der Waals surface area contributed by atoms with Crippen LogP contribution in [0.25, 0.3) is 78.2 Å². The SMILES string of the molecule is Cc1ccc(C=Cc2ccc(N(c3ccc(C)cc3)c3ccc4c5c3cccc5c3cccc5c(N(c6ccc(C)cc6)c6ccc(C=Cc7ccc(C)cc7)cc6)c6ccccc6c4c53)cc2)cc1. The van der Waals surface area contributed by atoms with Crippen molar-refractivity contribution in [2.75, 3.05) is 9.80 Å². The summed E-state index contributed by atoms with van der Waals surface area (Å²) in [6.45, 7) is 8.57. The van der Waals surface area contributed by atoms with Crippen molar-refractivity contribution in [3.8, 4) is 0 Å². The summed E-state index contributed by atoms with van der Waals surface area (Å²) in [6, 6.07) is 80.8. The summed E-state index contributed by atoms with van der Waals surface area (Å²) in [5, 5.41) is 12.5. The smallest absolute Gasteiger partial charge is 0.0619 e. The molecule has 0 atom stereocenters. The fourth-order valence-corrected chi connectivity index (χ4v) is 10.4. The van der Waals surface area contributed by atoms with Crippen LogP contribution in [0.5, 0.6) is 0 Å². The molecule has 0 spiro atoms. The Morgan fingerprint density at radius 1 is 0.243 bits per heavy atom. The maximum absolute atomic E-state index is 2.47. The van der Waals surface area contributed by atoms with Gasteiger partial charge in [-0.15, -0.1) is 0 Å². The monoisotopic (exact) mass is 896 g/mol. The Labute approximate surface area is 410 Å². The van der Waals surface area contributed by atoms with E-state index in [0.29, 0.717) is 0 Å². The minimum absolute atomic E-state index is 1.11. The summed E-state index contributed by atoms with van der Waals surface area (Å²) in [4.78, 5) is 4.90. The molecule has 0 aromatic heterocycles. The highest BCUT2D eigenvalue weighted by Crippen LogP contribution is 2.52. The van der Waals surface area contributed by atoms with Crippen molar-refractivity contribution in [2.24, 2.45) is 0 Å². The first-order valence-electron chi connectivity index (χ1n) is 24.3. The molecule has 12 aromatic carbocycles. The number of anilines is 6. The second kappa shape index (κ2) is 17.7. The predicted molar refractivity (Wildman–Crippen MR) is 304 cm³/mol. The lowest BCUT2D eigenvalue weighted by Gasteiger charge is -2.30. The normalized spacial score (nSPS) is 11.9. The molecule has 2 nitrogen and oxygen atoms in total. The molecule has 0 saturated carbocycles. The number of hydrogen-bond acceptors (Lipinski definition) is 2. The van der Waals surface area contributed by atoms with Crippen LogP contribution in [0.2, 0.25) is 0 Å². The van der Waals surface area contributed by atoms with E-state index in [9.17, 15) is 0 Å². The van der Waals surface area contributed by atoms with Crippen LogP contribution >= 0.6 is 0 Å². The van der Waals surface area contributed by atoms with Crippen molar-refractivity contribution in [3.63, 3.8) is 0 Å². The minimum Gasteiger partial charge on any atom is -0.310 e. The number of fused-ring (bicyclic) bond motifs is 4. The third-order valence-electron chi connectivity index (χ3n) is 14.0. The van der Waals surface area contributed by atoms with E-state index in [1.54, 1.807) is 0 Å². The Morgan fingerprint density at radius 2 is 0.571 bits per heavy atom. The number of aryl methyl sites for hydroxylation is 4. The quantitative estimate of drug-likeness (QED) is 0.0767. The van der Waals surface area contributed by atoms with Crippen molar-refractivity contribution in [2.45, 2.75) is 27.7 Å². The first kappa shape index (κ1) is 42.6. The molecule has 0 bridgehead atoms. The van der Waals surface area contributed by atoms with Gasteiger partial charge in [-0.3, -0.25) is 0 Å². The van der Waals surface area contributed by atoms with Crippen LogP contribution in [0.1, 0.15) is 44.5 Å². The van der Waals surface area contributed by atoms with Crippen LogP contribution in [0.15, 0.2) is 218 Å². The third-order valence-corrected chi connectivity index (χ3v) is 14.0. The first-order valence-corrected chi connectivity index (χ1v) is 24.3. The van der Waals surface area contributed by atoms with Crippen LogP contribution in [0.4, 0.5) is 34.1 Å². The zero-order valence-electron chi connectivity index (χ0n) is 40.0. The Balaban J connectivity index is 1.04. The van der Waals surface area contributed by atoms with Crippen molar-refractivity contribution in [3.05, 3.63) is 263 Å². The van der Waals surface area contributed by atoms with Gasteiger partial charge < -0.3 is 9.80 Å². The Bertz CT molecular complexity index is 3920. The van der Waals surface area contributed by atoms with E-state index in [-0.39, 0.29) is 0 Å². The predicted octanol–water partition coefficient (Wildman–Crippen LogP) is 19.4. The molecule has 12 aromatic rings. The first-order chi connectivity index (χ1) is 34.3. The maximum atomic E-state index is 2.47. The van der Waals surface area contributed by atoms with Crippen LogP contribution in [0, 0.1) is 27.7 Å².